The zero-order chi connectivity index (χ0) is 17.2. The van der Waals surface area contributed by atoms with Crippen LogP contribution in [0, 0.1) is 29.8 Å². The van der Waals surface area contributed by atoms with E-state index in [9.17, 15) is 4.79 Å². The van der Waals surface area contributed by atoms with Crippen LogP contribution < -0.4 is 0 Å². The van der Waals surface area contributed by atoms with Gasteiger partial charge in [0.05, 0.1) is 6.61 Å². The average molecular weight is 330 g/mol. The van der Waals surface area contributed by atoms with Crippen molar-refractivity contribution in [3.63, 3.8) is 0 Å². The Balaban J connectivity index is 1.54. The molecule has 128 valence electrons. The van der Waals surface area contributed by atoms with E-state index in [1.165, 1.54) is 0 Å². The minimum Gasteiger partial charge on any atom is -0.460 e. The first-order valence-corrected chi connectivity index (χ1v) is 8.34. The van der Waals surface area contributed by atoms with Crippen molar-refractivity contribution in [1.29, 1.82) is 0 Å². The molecule has 2 aliphatic heterocycles. The van der Waals surface area contributed by atoms with Gasteiger partial charge in [0.2, 0.25) is 0 Å². The van der Waals surface area contributed by atoms with Crippen LogP contribution in [0.2, 0.25) is 0 Å². The van der Waals surface area contributed by atoms with Crippen LogP contribution in [0.1, 0.15) is 40.0 Å². The van der Waals surface area contributed by atoms with Crippen LogP contribution in [0.25, 0.3) is 0 Å². The number of epoxide rings is 1. The van der Waals surface area contributed by atoms with Crippen LogP contribution in [0.3, 0.4) is 0 Å². The first-order valence-electron chi connectivity index (χ1n) is 8.34. The Morgan fingerprint density at radius 3 is 2.96 bits per heavy atom. The van der Waals surface area contributed by atoms with Crippen LogP contribution in [0.5, 0.6) is 0 Å². The number of hydrogen-bond donors (Lipinski definition) is 0. The molecule has 2 fully saturated rings. The molecule has 0 bridgehead atoms. The largest absolute Gasteiger partial charge is 0.460 e. The Bertz CT molecular complexity index is 647. The molecule has 0 aromatic carbocycles. The summed E-state index contributed by atoms with van der Waals surface area (Å²) in [6, 6.07) is 0. The summed E-state index contributed by atoms with van der Waals surface area (Å²) in [6.07, 6.45) is 6.19. The Morgan fingerprint density at radius 2 is 2.29 bits per heavy atom. The highest BCUT2D eigenvalue weighted by molar-refractivity contribution is 5.69. The lowest BCUT2D eigenvalue weighted by Gasteiger charge is -2.35. The summed E-state index contributed by atoms with van der Waals surface area (Å²) >= 11 is 0. The number of rotatable bonds is 4. The van der Waals surface area contributed by atoms with E-state index in [0.717, 1.165) is 12.8 Å². The van der Waals surface area contributed by atoms with Gasteiger partial charge in [-0.05, 0) is 37.7 Å². The molecule has 0 radical (unpaired) electrons. The van der Waals surface area contributed by atoms with Crippen molar-refractivity contribution >= 4 is 5.97 Å². The standard InChI is InChI=1S/C19H22O5/c1-4-5-6-9-21-15-11-19(18-17(15)24-18)8-7-14(12-22-19)23-16(20)10-13(2)3/h11,13-14,17-18H,7-8,10,12H2,1-3H3. The van der Waals surface area contributed by atoms with Crippen LogP contribution >= 0.6 is 0 Å². The van der Waals surface area contributed by atoms with Gasteiger partial charge in [-0.3, -0.25) is 4.79 Å². The molecule has 5 heteroatoms. The predicted molar refractivity (Wildman–Crippen MR) is 86.3 cm³/mol. The van der Waals surface area contributed by atoms with Gasteiger partial charge in [0.1, 0.15) is 35.8 Å². The van der Waals surface area contributed by atoms with Crippen molar-refractivity contribution in [2.24, 2.45) is 5.92 Å². The molecule has 2 saturated heterocycles. The molecule has 1 spiro atoms. The molecular formula is C19H22O5. The van der Waals surface area contributed by atoms with Crippen molar-refractivity contribution in [3.8, 4) is 23.9 Å². The maximum Gasteiger partial charge on any atom is 0.306 e. The molecule has 0 N–H and O–H groups in total. The smallest absolute Gasteiger partial charge is 0.306 e. The van der Waals surface area contributed by atoms with Crippen LogP contribution in [0.15, 0.2) is 11.8 Å². The lowest BCUT2D eigenvalue weighted by atomic mass is 9.91. The molecule has 24 heavy (non-hydrogen) atoms. The third-order valence-electron chi connectivity index (χ3n) is 4.32. The Morgan fingerprint density at radius 1 is 1.46 bits per heavy atom. The zero-order valence-electron chi connectivity index (χ0n) is 14.3. The summed E-state index contributed by atoms with van der Waals surface area (Å²) in [5.74, 6) is 8.75. The average Bonchev–Trinajstić information content (AvgIpc) is 3.28. The lowest BCUT2D eigenvalue weighted by Crippen LogP contribution is -2.44. The fourth-order valence-corrected chi connectivity index (χ4v) is 3.15. The van der Waals surface area contributed by atoms with Gasteiger partial charge in [0.25, 0.3) is 0 Å². The first kappa shape index (κ1) is 16.9. The van der Waals surface area contributed by atoms with Crippen LogP contribution in [-0.2, 0) is 23.7 Å². The SMILES string of the molecule is CC#CC#COC1=CC2(CCC(OC(=O)CC(C)C)CO2)C2OC12. The van der Waals surface area contributed by atoms with E-state index in [1.54, 1.807) is 6.92 Å². The van der Waals surface area contributed by atoms with Gasteiger partial charge in [-0.1, -0.05) is 19.8 Å². The highest BCUT2D eigenvalue weighted by atomic mass is 16.7. The monoisotopic (exact) mass is 330 g/mol. The van der Waals surface area contributed by atoms with Crippen molar-refractivity contribution in [1.82, 2.24) is 0 Å². The quantitative estimate of drug-likeness (QED) is 0.449. The third-order valence-corrected chi connectivity index (χ3v) is 4.32. The van der Waals surface area contributed by atoms with E-state index in [2.05, 4.69) is 23.9 Å². The normalized spacial score (nSPS) is 32.8. The van der Waals surface area contributed by atoms with Gasteiger partial charge in [-0.15, -0.1) is 0 Å². The van der Waals surface area contributed by atoms with Crippen LogP contribution in [0.4, 0.5) is 0 Å². The van der Waals surface area contributed by atoms with Crippen molar-refractivity contribution < 1.29 is 23.7 Å². The number of hydrogen-bond acceptors (Lipinski definition) is 5. The minimum absolute atomic E-state index is 0.0149. The molecule has 0 aromatic rings. The van der Waals surface area contributed by atoms with Gasteiger partial charge in [-0.2, -0.15) is 0 Å². The maximum absolute atomic E-state index is 11.8. The number of carbonyl (C=O) groups excluding carboxylic acids is 1. The summed E-state index contributed by atoms with van der Waals surface area (Å²) < 4.78 is 22.6. The highest BCUT2D eigenvalue weighted by Gasteiger charge is 2.63. The van der Waals surface area contributed by atoms with E-state index < -0.39 is 5.60 Å². The molecular weight excluding hydrogens is 308 g/mol. The zero-order valence-corrected chi connectivity index (χ0v) is 14.3. The van der Waals surface area contributed by atoms with Gasteiger partial charge in [0.15, 0.2) is 0 Å². The second kappa shape index (κ2) is 6.89. The summed E-state index contributed by atoms with van der Waals surface area (Å²) in [4.78, 5) is 11.8. The van der Waals surface area contributed by atoms with Crippen molar-refractivity contribution in [3.05, 3.63) is 11.8 Å². The summed E-state index contributed by atoms with van der Waals surface area (Å²) in [5, 5.41) is 0. The van der Waals surface area contributed by atoms with Crippen LogP contribution in [-0.4, -0.2) is 36.5 Å². The van der Waals surface area contributed by atoms with Gasteiger partial charge >= 0.3 is 5.97 Å². The van der Waals surface area contributed by atoms with E-state index in [1.807, 2.05) is 19.9 Å². The topological polar surface area (TPSA) is 57.3 Å². The Hall–Kier alpha value is -1.95. The van der Waals surface area contributed by atoms with E-state index in [4.69, 9.17) is 18.9 Å². The Labute approximate surface area is 142 Å². The lowest BCUT2D eigenvalue weighted by molar-refractivity contribution is -0.166. The third kappa shape index (κ3) is 3.59. The summed E-state index contributed by atoms with van der Waals surface area (Å²) in [5.41, 5.74) is -0.473. The number of fused-ring (bicyclic) bond motifs is 2. The fourth-order valence-electron chi connectivity index (χ4n) is 3.15. The molecule has 4 unspecified atom stereocenters. The number of ether oxygens (including phenoxy) is 4. The molecule has 3 aliphatic rings. The molecule has 0 saturated carbocycles. The molecule has 3 rings (SSSR count). The van der Waals surface area contributed by atoms with Gasteiger partial charge in [0, 0.05) is 12.3 Å². The van der Waals surface area contributed by atoms with E-state index in [0.29, 0.717) is 24.7 Å². The molecule has 0 aromatic heterocycles. The van der Waals surface area contributed by atoms with E-state index in [-0.39, 0.29) is 24.3 Å². The molecule has 2 heterocycles. The molecule has 1 aliphatic carbocycles. The minimum atomic E-state index is -0.473. The number of esters is 1. The highest BCUT2D eigenvalue weighted by Crippen LogP contribution is 2.51. The van der Waals surface area contributed by atoms with Gasteiger partial charge in [-0.25, -0.2) is 0 Å². The van der Waals surface area contributed by atoms with Crippen molar-refractivity contribution in [2.75, 3.05) is 6.61 Å². The second-order valence-corrected chi connectivity index (χ2v) is 6.74. The first-order chi connectivity index (χ1) is 11.5. The van der Waals surface area contributed by atoms with E-state index >= 15 is 0 Å². The summed E-state index contributed by atoms with van der Waals surface area (Å²) in [6.45, 7) is 6.10. The number of carbonyl (C=O) groups is 1. The predicted octanol–water partition coefficient (Wildman–Crippen LogP) is 2.16. The summed E-state index contributed by atoms with van der Waals surface area (Å²) in [7, 11) is 0. The molecule has 5 nitrogen and oxygen atoms in total. The fraction of sp³-hybridized carbons (Fsp3) is 0.632. The Kier molecular flexibility index (Phi) is 4.85. The van der Waals surface area contributed by atoms with Gasteiger partial charge < -0.3 is 18.9 Å². The molecule has 0 amide bonds. The van der Waals surface area contributed by atoms with Crippen molar-refractivity contribution in [2.45, 2.75) is 63.9 Å². The maximum atomic E-state index is 11.8. The second-order valence-electron chi connectivity index (χ2n) is 6.74. The molecule has 4 atom stereocenters.